The Balaban J connectivity index is 0.000000286. The third-order valence-electron chi connectivity index (χ3n) is 4.59. The van der Waals surface area contributed by atoms with Crippen molar-refractivity contribution in [1.82, 2.24) is 5.32 Å². The highest BCUT2D eigenvalue weighted by Crippen LogP contribution is 2.28. The van der Waals surface area contributed by atoms with Gasteiger partial charge in [0.2, 0.25) is 11.8 Å². The molecule has 8 heteroatoms. The Morgan fingerprint density at radius 3 is 2.22 bits per heavy atom. The number of rotatable bonds is 9. The molecule has 174 valence electrons. The Bertz CT molecular complexity index is 839. The highest BCUT2D eigenvalue weighted by Gasteiger charge is 2.21. The Labute approximate surface area is 189 Å². The van der Waals surface area contributed by atoms with Gasteiger partial charge in [0.1, 0.15) is 0 Å². The Hall–Kier alpha value is -3.55. The molecule has 32 heavy (non-hydrogen) atoms. The zero-order valence-corrected chi connectivity index (χ0v) is 18.8. The zero-order chi connectivity index (χ0) is 23.8. The normalized spacial score (nSPS) is 11.6. The minimum absolute atomic E-state index is 0.186. The quantitative estimate of drug-likeness (QED) is 0.349. The molecule has 0 saturated heterocycles. The van der Waals surface area contributed by atoms with E-state index in [9.17, 15) is 9.59 Å². The van der Waals surface area contributed by atoms with Crippen LogP contribution in [0.5, 0.6) is 11.5 Å². The molecule has 2 aromatic rings. The van der Waals surface area contributed by atoms with Crippen molar-refractivity contribution < 1.29 is 19.1 Å². The largest absolute Gasteiger partial charge is 0.493 e. The molecular weight excluding hydrogens is 408 g/mol. The van der Waals surface area contributed by atoms with Gasteiger partial charge in [-0.25, -0.2) is 0 Å². The van der Waals surface area contributed by atoms with Gasteiger partial charge in [0, 0.05) is 13.0 Å². The number of aryl methyl sites for hydroxylation is 1. The Kier molecular flexibility index (Phi) is 12.6. The second-order valence-electron chi connectivity index (χ2n) is 7.23. The summed E-state index contributed by atoms with van der Waals surface area (Å²) in [5.41, 5.74) is 11.5. The number of hydrogen-bond acceptors (Lipinski definition) is 5. The van der Waals surface area contributed by atoms with Crippen LogP contribution in [0.15, 0.2) is 48.5 Å². The summed E-state index contributed by atoms with van der Waals surface area (Å²) in [6.07, 6.45) is 4.99. The fraction of sp³-hybridized carbons (Fsp3) is 0.375. The third kappa shape index (κ3) is 11.6. The third-order valence-corrected chi connectivity index (χ3v) is 4.59. The molecule has 1 aliphatic carbocycles. The summed E-state index contributed by atoms with van der Waals surface area (Å²) in [6, 6.07) is 15.4. The average molecular weight is 443 g/mol. The molecule has 0 unspecified atom stereocenters. The van der Waals surface area contributed by atoms with Crippen LogP contribution in [0.2, 0.25) is 0 Å². The monoisotopic (exact) mass is 442 g/mol. The van der Waals surface area contributed by atoms with E-state index in [0.29, 0.717) is 17.9 Å². The summed E-state index contributed by atoms with van der Waals surface area (Å²) >= 11 is 0. The van der Waals surface area contributed by atoms with Crippen LogP contribution in [0, 0.1) is 11.3 Å². The molecule has 0 bridgehead atoms. The van der Waals surface area contributed by atoms with Crippen LogP contribution in [0.3, 0.4) is 0 Å². The van der Waals surface area contributed by atoms with Gasteiger partial charge in [-0.1, -0.05) is 36.4 Å². The number of nitrogens with two attached hydrogens (primary N) is 2. The van der Waals surface area contributed by atoms with Crippen LogP contribution in [0.4, 0.5) is 0 Å². The molecule has 3 rings (SSSR count). The van der Waals surface area contributed by atoms with Crippen molar-refractivity contribution >= 4 is 18.2 Å². The molecule has 0 atom stereocenters. The zero-order valence-electron chi connectivity index (χ0n) is 18.8. The molecule has 6 N–H and O–H groups in total. The standard InChI is InChI=1S/C13H17NO.C10H13NO3.CH4N2/c15-13(14-10-12-6-7-12)9-8-11-4-2-1-3-5-11;1-13-8-4-3-7(6-10(11)12)5-9(8)14-2;2-1-3/h1-5,12H,6-10H2,(H,14,15);3-5H,6H2,1-2H3,(H2,11,12);1H,(H3,2,3). The minimum Gasteiger partial charge on any atom is -0.493 e. The van der Waals surface area contributed by atoms with Crippen molar-refractivity contribution in [3.05, 3.63) is 59.7 Å². The summed E-state index contributed by atoms with van der Waals surface area (Å²) in [6.45, 7) is 0.883. The number of hydrogen-bond donors (Lipinski definition) is 4. The molecule has 8 nitrogen and oxygen atoms in total. The van der Waals surface area contributed by atoms with E-state index in [1.54, 1.807) is 32.4 Å². The van der Waals surface area contributed by atoms with E-state index < -0.39 is 0 Å². The number of primary amides is 1. The first-order valence-electron chi connectivity index (χ1n) is 10.4. The number of nitrogens with one attached hydrogen (secondary N) is 2. The van der Waals surface area contributed by atoms with Crippen molar-refractivity contribution in [1.29, 1.82) is 5.41 Å². The van der Waals surface area contributed by atoms with Crippen LogP contribution in [-0.2, 0) is 22.4 Å². The molecule has 1 fully saturated rings. The molecule has 0 aromatic heterocycles. The van der Waals surface area contributed by atoms with E-state index >= 15 is 0 Å². The van der Waals surface area contributed by atoms with Crippen molar-refractivity contribution in [2.45, 2.75) is 32.1 Å². The summed E-state index contributed by atoms with van der Waals surface area (Å²) in [5, 5.41) is 8.84. The van der Waals surface area contributed by atoms with Crippen molar-refractivity contribution in [3.8, 4) is 11.5 Å². The molecular formula is C24H34N4O4. The van der Waals surface area contributed by atoms with Crippen LogP contribution >= 0.6 is 0 Å². The van der Waals surface area contributed by atoms with Crippen LogP contribution in [0.1, 0.15) is 30.4 Å². The first-order chi connectivity index (χ1) is 15.4. The van der Waals surface area contributed by atoms with E-state index in [1.165, 1.54) is 18.4 Å². The maximum atomic E-state index is 11.4. The SMILES string of the molecule is COc1ccc(CC(N)=O)cc1OC.N=CN.O=C(CCc1ccccc1)NCC1CC1. The average Bonchev–Trinajstić information content (AvgIpc) is 3.62. The van der Waals surface area contributed by atoms with Crippen molar-refractivity contribution in [2.24, 2.45) is 17.4 Å². The van der Waals surface area contributed by atoms with Gasteiger partial charge in [-0.15, -0.1) is 0 Å². The molecule has 2 amide bonds. The maximum absolute atomic E-state index is 11.4. The molecule has 0 radical (unpaired) electrons. The summed E-state index contributed by atoms with van der Waals surface area (Å²) in [5.74, 6) is 1.83. The van der Waals surface area contributed by atoms with Crippen molar-refractivity contribution in [2.75, 3.05) is 20.8 Å². The fourth-order valence-electron chi connectivity index (χ4n) is 2.76. The summed E-state index contributed by atoms with van der Waals surface area (Å²) in [7, 11) is 3.11. The first kappa shape index (κ1) is 26.5. The smallest absolute Gasteiger partial charge is 0.221 e. The van der Waals surface area contributed by atoms with Crippen molar-refractivity contribution in [3.63, 3.8) is 0 Å². The van der Waals surface area contributed by atoms with Gasteiger partial charge in [-0.05, 0) is 48.4 Å². The maximum Gasteiger partial charge on any atom is 0.221 e. The van der Waals surface area contributed by atoms with Gasteiger partial charge in [0.15, 0.2) is 11.5 Å². The van der Waals surface area contributed by atoms with Gasteiger partial charge in [-0.3, -0.25) is 15.0 Å². The van der Waals surface area contributed by atoms with E-state index in [2.05, 4.69) is 23.2 Å². The molecule has 1 saturated carbocycles. The predicted molar refractivity (Wildman–Crippen MR) is 126 cm³/mol. The van der Waals surface area contributed by atoms with Crippen LogP contribution in [0.25, 0.3) is 0 Å². The Morgan fingerprint density at radius 1 is 1.06 bits per heavy atom. The number of ether oxygens (including phenoxy) is 2. The van der Waals surface area contributed by atoms with Crippen LogP contribution in [-0.4, -0.2) is 38.9 Å². The second kappa shape index (κ2) is 15.3. The van der Waals surface area contributed by atoms with E-state index in [4.69, 9.17) is 20.6 Å². The highest BCUT2D eigenvalue weighted by atomic mass is 16.5. The molecule has 2 aromatic carbocycles. The topological polar surface area (TPSA) is 141 Å². The molecule has 0 heterocycles. The van der Waals surface area contributed by atoms with Gasteiger partial charge in [0.25, 0.3) is 0 Å². The lowest BCUT2D eigenvalue weighted by molar-refractivity contribution is -0.121. The predicted octanol–water partition coefficient (Wildman–Crippen LogP) is 2.43. The summed E-state index contributed by atoms with van der Waals surface area (Å²) in [4.78, 5) is 22.1. The lowest BCUT2D eigenvalue weighted by Crippen LogP contribution is -2.25. The van der Waals surface area contributed by atoms with Gasteiger partial charge in [0.05, 0.1) is 27.0 Å². The number of methoxy groups -OCH3 is 2. The first-order valence-corrected chi connectivity index (χ1v) is 10.4. The molecule has 0 spiro atoms. The molecule has 1 aliphatic rings. The molecule has 0 aliphatic heterocycles. The van der Waals surface area contributed by atoms with E-state index in [1.807, 2.05) is 18.2 Å². The van der Waals surface area contributed by atoms with Gasteiger partial charge in [-0.2, -0.15) is 0 Å². The van der Waals surface area contributed by atoms with Crippen LogP contribution < -0.4 is 26.3 Å². The number of carbonyl (C=O) groups excluding carboxylic acids is 2. The number of amides is 2. The number of carbonyl (C=O) groups is 2. The second-order valence-corrected chi connectivity index (χ2v) is 7.23. The minimum atomic E-state index is -0.364. The lowest BCUT2D eigenvalue weighted by Gasteiger charge is -2.08. The van der Waals surface area contributed by atoms with E-state index in [-0.39, 0.29) is 18.2 Å². The lowest BCUT2D eigenvalue weighted by atomic mass is 10.1. The van der Waals surface area contributed by atoms with Gasteiger partial charge < -0.3 is 26.3 Å². The Morgan fingerprint density at radius 2 is 1.69 bits per heavy atom. The van der Waals surface area contributed by atoms with Gasteiger partial charge >= 0.3 is 0 Å². The highest BCUT2D eigenvalue weighted by molar-refractivity contribution is 5.77. The summed E-state index contributed by atoms with van der Waals surface area (Å²) < 4.78 is 10.1. The number of benzene rings is 2. The van der Waals surface area contributed by atoms with E-state index in [0.717, 1.165) is 30.8 Å². The fourth-order valence-corrected chi connectivity index (χ4v) is 2.76.